The van der Waals surface area contributed by atoms with E-state index in [2.05, 4.69) is 10.3 Å². The molecule has 0 aliphatic carbocycles. The minimum Gasteiger partial charge on any atom is -0.357 e. The summed E-state index contributed by atoms with van der Waals surface area (Å²) < 4.78 is 0. The number of H-pyrrole nitrogens is 1. The molecule has 0 radical (unpaired) electrons. The Hall–Kier alpha value is -1.81. The number of hydrogen-bond donors (Lipinski definition) is 2. The Kier molecular flexibility index (Phi) is 4.45. The number of amides is 1. The maximum absolute atomic E-state index is 12.0. The quantitative estimate of drug-likeness (QED) is 0.851. The number of carbonyl (C=O) groups is 1. The van der Waals surface area contributed by atoms with Gasteiger partial charge in [-0.15, -0.1) is 11.6 Å². The number of hydrogen-bond acceptors (Lipinski definition) is 2. The standard InChI is InChI=1S/C15H17ClN2O2/c1-9(2)8-17-15(20)10-3-4-13-12(5-10)14(19)6-11(7-16)18-13/h3-6,9H,7-8H2,1-2H3,(H,17,20)(H,18,19). The fraction of sp³-hybridized carbons (Fsp3) is 0.333. The number of fused-ring (bicyclic) bond motifs is 1. The molecule has 0 spiro atoms. The maximum Gasteiger partial charge on any atom is 0.251 e. The average molecular weight is 293 g/mol. The molecular formula is C15H17ClN2O2. The minimum atomic E-state index is -0.165. The molecule has 20 heavy (non-hydrogen) atoms. The van der Waals surface area contributed by atoms with Crippen LogP contribution >= 0.6 is 11.6 Å². The van der Waals surface area contributed by atoms with Crippen LogP contribution in [0.25, 0.3) is 10.9 Å². The molecule has 0 bridgehead atoms. The molecule has 2 rings (SSSR count). The summed E-state index contributed by atoms with van der Waals surface area (Å²) in [6.45, 7) is 4.66. The van der Waals surface area contributed by atoms with Gasteiger partial charge in [0.15, 0.2) is 5.43 Å². The van der Waals surface area contributed by atoms with Crippen LogP contribution in [-0.2, 0) is 5.88 Å². The highest BCUT2D eigenvalue weighted by Gasteiger charge is 2.09. The molecule has 1 heterocycles. The third-order valence-corrected chi connectivity index (χ3v) is 3.25. The third kappa shape index (κ3) is 3.20. The van der Waals surface area contributed by atoms with Crippen molar-refractivity contribution in [2.45, 2.75) is 19.7 Å². The van der Waals surface area contributed by atoms with Crippen LogP contribution in [0.2, 0.25) is 0 Å². The maximum atomic E-state index is 12.0. The molecule has 0 saturated carbocycles. The van der Waals surface area contributed by atoms with Gasteiger partial charge < -0.3 is 10.3 Å². The van der Waals surface area contributed by atoms with Crippen LogP contribution < -0.4 is 10.7 Å². The highest BCUT2D eigenvalue weighted by molar-refractivity contribution is 6.17. The summed E-state index contributed by atoms with van der Waals surface area (Å²) in [5.74, 6) is 0.470. The summed E-state index contributed by atoms with van der Waals surface area (Å²) in [6, 6.07) is 6.51. The van der Waals surface area contributed by atoms with E-state index in [0.717, 1.165) is 0 Å². The molecule has 0 aliphatic heterocycles. The molecule has 1 aromatic heterocycles. The molecule has 106 valence electrons. The van der Waals surface area contributed by atoms with E-state index in [0.29, 0.717) is 34.6 Å². The van der Waals surface area contributed by atoms with Gasteiger partial charge in [-0.05, 0) is 24.1 Å². The van der Waals surface area contributed by atoms with Crippen LogP contribution in [0, 0.1) is 5.92 Å². The summed E-state index contributed by atoms with van der Waals surface area (Å²) in [6.07, 6.45) is 0. The summed E-state index contributed by atoms with van der Waals surface area (Å²) in [4.78, 5) is 27.0. The van der Waals surface area contributed by atoms with Crippen LogP contribution in [0.4, 0.5) is 0 Å². The summed E-state index contributed by atoms with van der Waals surface area (Å²) >= 11 is 5.72. The molecule has 1 amide bonds. The van der Waals surface area contributed by atoms with E-state index in [1.165, 1.54) is 6.07 Å². The zero-order valence-corrected chi connectivity index (χ0v) is 12.3. The van der Waals surface area contributed by atoms with Gasteiger partial charge in [-0.1, -0.05) is 13.8 Å². The van der Waals surface area contributed by atoms with Crippen molar-refractivity contribution in [3.8, 4) is 0 Å². The Bertz CT molecular complexity index is 692. The Morgan fingerprint density at radius 2 is 2.10 bits per heavy atom. The van der Waals surface area contributed by atoms with Crippen molar-refractivity contribution >= 4 is 28.4 Å². The van der Waals surface area contributed by atoms with Crippen molar-refractivity contribution in [1.29, 1.82) is 0 Å². The molecular weight excluding hydrogens is 276 g/mol. The highest BCUT2D eigenvalue weighted by atomic mass is 35.5. The largest absolute Gasteiger partial charge is 0.357 e. The first-order valence-electron chi connectivity index (χ1n) is 6.51. The molecule has 4 nitrogen and oxygen atoms in total. The molecule has 1 aromatic carbocycles. The predicted molar refractivity (Wildman–Crippen MR) is 81.3 cm³/mol. The number of alkyl halides is 1. The van der Waals surface area contributed by atoms with Gasteiger partial charge in [0.1, 0.15) is 0 Å². The topological polar surface area (TPSA) is 62.0 Å². The number of rotatable bonds is 4. The predicted octanol–water partition coefficient (Wildman–Crippen LogP) is 2.65. The van der Waals surface area contributed by atoms with Gasteiger partial charge in [0.25, 0.3) is 5.91 Å². The molecule has 5 heteroatoms. The van der Waals surface area contributed by atoms with Crippen molar-refractivity contribution in [1.82, 2.24) is 10.3 Å². The second-order valence-corrected chi connectivity index (χ2v) is 5.42. The van der Waals surface area contributed by atoms with Gasteiger partial charge in [-0.3, -0.25) is 9.59 Å². The lowest BCUT2D eigenvalue weighted by atomic mass is 10.1. The first kappa shape index (κ1) is 14.6. The SMILES string of the molecule is CC(C)CNC(=O)c1ccc2[nH]c(CCl)cc(=O)c2c1. The van der Waals surface area contributed by atoms with Gasteiger partial charge in [-0.25, -0.2) is 0 Å². The first-order chi connectivity index (χ1) is 9.51. The summed E-state index contributed by atoms with van der Waals surface area (Å²) in [5, 5.41) is 3.33. The second-order valence-electron chi connectivity index (χ2n) is 5.16. The van der Waals surface area contributed by atoms with E-state index in [9.17, 15) is 9.59 Å². The smallest absolute Gasteiger partial charge is 0.251 e. The van der Waals surface area contributed by atoms with E-state index in [4.69, 9.17) is 11.6 Å². The average Bonchev–Trinajstić information content (AvgIpc) is 2.44. The van der Waals surface area contributed by atoms with Crippen LogP contribution in [0.1, 0.15) is 29.9 Å². The third-order valence-electron chi connectivity index (χ3n) is 2.96. The highest BCUT2D eigenvalue weighted by Crippen LogP contribution is 2.12. The molecule has 0 unspecified atom stereocenters. The molecule has 0 saturated heterocycles. The number of aromatic nitrogens is 1. The molecule has 2 aromatic rings. The van der Waals surface area contributed by atoms with Crippen LogP contribution in [-0.4, -0.2) is 17.4 Å². The van der Waals surface area contributed by atoms with Crippen LogP contribution in [0.5, 0.6) is 0 Å². The van der Waals surface area contributed by atoms with Crippen molar-refractivity contribution in [3.63, 3.8) is 0 Å². The van der Waals surface area contributed by atoms with Gasteiger partial charge in [0.2, 0.25) is 0 Å². The Morgan fingerprint density at radius 3 is 2.75 bits per heavy atom. The molecule has 2 N–H and O–H groups in total. The monoisotopic (exact) mass is 292 g/mol. The normalized spacial score (nSPS) is 11.0. The van der Waals surface area contributed by atoms with E-state index < -0.39 is 0 Å². The van der Waals surface area contributed by atoms with Gasteiger partial charge >= 0.3 is 0 Å². The van der Waals surface area contributed by atoms with Crippen molar-refractivity contribution in [3.05, 3.63) is 45.7 Å². The van der Waals surface area contributed by atoms with Crippen LogP contribution in [0.15, 0.2) is 29.1 Å². The Balaban J connectivity index is 2.36. The molecule has 0 aliphatic rings. The fourth-order valence-electron chi connectivity index (χ4n) is 1.91. The number of halogens is 1. The lowest BCUT2D eigenvalue weighted by Gasteiger charge is -2.08. The van der Waals surface area contributed by atoms with Gasteiger partial charge in [0.05, 0.1) is 5.88 Å². The van der Waals surface area contributed by atoms with E-state index in [-0.39, 0.29) is 17.2 Å². The molecule has 0 fully saturated rings. The minimum absolute atomic E-state index is 0.132. The van der Waals surface area contributed by atoms with Crippen LogP contribution in [0.3, 0.4) is 0 Å². The fourth-order valence-corrected chi connectivity index (χ4v) is 2.06. The first-order valence-corrected chi connectivity index (χ1v) is 7.05. The lowest BCUT2D eigenvalue weighted by Crippen LogP contribution is -2.27. The molecule has 0 atom stereocenters. The Labute approximate surface area is 122 Å². The number of pyridine rings is 1. The van der Waals surface area contributed by atoms with Gasteiger partial charge in [-0.2, -0.15) is 0 Å². The summed E-state index contributed by atoms with van der Waals surface area (Å²) in [7, 11) is 0. The van der Waals surface area contributed by atoms with Crippen molar-refractivity contribution in [2.75, 3.05) is 6.54 Å². The van der Waals surface area contributed by atoms with Crippen molar-refractivity contribution < 1.29 is 4.79 Å². The number of carbonyl (C=O) groups excluding carboxylic acids is 1. The number of aromatic amines is 1. The van der Waals surface area contributed by atoms with E-state index in [1.807, 2.05) is 13.8 Å². The number of benzene rings is 1. The Morgan fingerprint density at radius 1 is 1.35 bits per heavy atom. The number of nitrogens with one attached hydrogen (secondary N) is 2. The van der Waals surface area contributed by atoms with E-state index >= 15 is 0 Å². The zero-order chi connectivity index (χ0) is 14.7. The van der Waals surface area contributed by atoms with Gasteiger partial charge in [0, 0.05) is 34.8 Å². The lowest BCUT2D eigenvalue weighted by molar-refractivity contribution is 0.0949. The van der Waals surface area contributed by atoms with E-state index in [1.54, 1.807) is 18.2 Å². The second kappa shape index (κ2) is 6.09. The summed E-state index contributed by atoms with van der Waals surface area (Å²) in [5.41, 5.74) is 1.71. The van der Waals surface area contributed by atoms with Crippen molar-refractivity contribution in [2.24, 2.45) is 5.92 Å². The zero-order valence-electron chi connectivity index (χ0n) is 11.5.